The summed E-state index contributed by atoms with van der Waals surface area (Å²) in [4.78, 5) is 31.1. The normalized spacial score (nSPS) is 15.4. The van der Waals surface area contributed by atoms with E-state index in [4.69, 9.17) is 4.74 Å². The number of amides is 2. The first-order valence-electron chi connectivity index (χ1n) is 8.52. The molecule has 0 aromatic heterocycles. The van der Waals surface area contributed by atoms with Crippen LogP contribution in [0.5, 0.6) is 5.75 Å². The van der Waals surface area contributed by atoms with E-state index in [1.807, 2.05) is 0 Å². The van der Waals surface area contributed by atoms with Crippen molar-refractivity contribution < 1.29 is 18.7 Å². The molecule has 0 saturated heterocycles. The van der Waals surface area contributed by atoms with Gasteiger partial charge in [-0.2, -0.15) is 0 Å². The van der Waals surface area contributed by atoms with Gasteiger partial charge in [0, 0.05) is 10.0 Å². The van der Waals surface area contributed by atoms with Crippen molar-refractivity contribution in [3.63, 3.8) is 0 Å². The Morgan fingerprint density at radius 1 is 1.25 bits per heavy atom. The first-order chi connectivity index (χ1) is 13.2. The molecule has 0 fully saturated rings. The Labute approximate surface area is 170 Å². The van der Waals surface area contributed by atoms with Crippen LogP contribution in [0.3, 0.4) is 0 Å². The second-order valence-corrected chi connectivity index (χ2v) is 7.66. The average Bonchev–Trinajstić information content (AvgIpc) is 2.87. The quantitative estimate of drug-likeness (QED) is 0.760. The molecule has 0 aliphatic carbocycles. The summed E-state index contributed by atoms with van der Waals surface area (Å²) in [5, 5.41) is 2.50. The third-order valence-electron chi connectivity index (χ3n) is 4.36. The van der Waals surface area contributed by atoms with Crippen molar-refractivity contribution in [1.82, 2.24) is 4.90 Å². The minimum Gasteiger partial charge on any atom is -0.497 e. The van der Waals surface area contributed by atoms with E-state index < -0.39 is 17.4 Å². The molecule has 0 spiro atoms. The lowest BCUT2D eigenvalue weighted by Crippen LogP contribution is -2.46. The van der Waals surface area contributed by atoms with E-state index >= 15 is 0 Å². The van der Waals surface area contributed by atoms with Crippen LogP contribution in [-0.4, -0.2) is 41.7 Å². The number of ether oxygens (including phenoxy) is 1. The van der Waals surface area contributed by atoms with Gasteiger partial charge in [-0.05, 0) is 56.3 Å². The molecule has 0 bridgehead atoms. The number of aliphatic imine (C=N–C) groups is 1. The van der Waals surface area contributed by atoms with Gasteiger partial charge in [0.15, 0.2) is 0 Å². The van der Waals surface area contributed by atoms with Crippen LogP contribution in [0.2, 0.25) is 0 Å². The standard InChI is InChI=1S/C20H19BrFN3O3/c1-20(2)24-18(12-4-7-14(28-3)8-5-12)19(27)25(20)11-17(26)23-16-9-6-13(21)10-15(16)22/h4-10H,11H2,1-3H3,(H,23,26). The lowest BCUT2D eigenvalue weighted by atomic mass is 10.1. The van der Waals surface area contributed by atoms with Gasteiger partial charge in [-0.3, -0.25) is 14.6 Å². The van der Waals surface area contributed by atoms with Gasteiger partial charge >= 0.3 is 0 Å². The molecule has 2 aromatic rings. The molecule has 0 saturated carbocycles. The summed E-state index contributed by atoms with van der Waals surface area (Å²) in [5.74, 6) is -0.762. The minimum absolute atomic E-state index is 0.0500. The predicted molar refractivity (Wildman–Crippen MR) is 108 cm³/mol. The number of methoxy groups -OCH3 is 1. The molecule has 1 aliphatic heterocycles. The highest BCUT2D eigenvalue weighted by molar-refractivity contribution is 9.10. The van der Waals surface area contributed by atoms with Crippen LogP contribution in [0.4, 0.5) is 10.1 Å². The zero-order chi connectivity index (χ0) is 20.5. The van der Waals surface area contributed by atoms with E-state index in [9.17, 15) is 14.0 Å². The Kier molecular flexibility index (Phi) is 5.51. The molecule has 0 radical (unpaired) electrons. The van der Waals surface area contributed by atoms with Crippen LogP contribution < -0.4 is 10.1 Å². The second-order valence-electron chi connectivity index (χ2n) is 6.75. The molecular formula is C20H19BrFN3O3. The highest BCUT2D eigenvalue weighted by atomic mass is 79.9. The van der Waals surface area contributed by atoms with Crippen molar-refractivity contribution >= 4 is 39.1 Å². The molecule has 3 rings (SSSR count). The lowest BCUT2D eigenvalue weighted by molar-refractivity contribution is -0.131. The van der Waals surface area contributed by atoms with Crippen molar-refractivity contribution in [2.75, 3.05) is 19.0 Å². The minimum atomic E-state index is -0.901. The van der Waals surface area contributed by atoms with E-state index in [2.05, 4.69) is 26.2 Å². The monoisotopic (exact) mass is 447 g/mol. The van der Waals surface area contributed by atoms with E-state index in [1.165, 1.54) is 17.0 Å². The number of nitrogens with zero attached hydrogens (tertiary/aromatic N) is 2. The second kappa shape index (κ2) is 7.71. The molecule has 1 N–H and O–H groups in total. The third kappa shape index (κ3) is 4.06. The van der Waals surface area contributed by atoms with Crippen LogP contribution in [0.25, 0.3) is 0 Å². The number of anilines is 1. The van der Waals surface area contributed by atoms with Gasteiger partial charge in [0.25, 0.3) is 5.91 Å². The van der Waals surface area contributed by atoms with Crippen LogP contribution in [0, 0.1) is 5.82 Å². The molecule has 28 heavy (non-hydrogen) atoms. The van der Waals surface area contributed by atoms with Gasteiger partial charge in [0.2, 0.25) is 5.91 Å². The first-order valence-corrected chi connectivity index (χ1v) is 9.32. The maximum Gasteiger partial charge on any atom is 0.275 e. The highest BCUT2D eigenvalue weighted by Crippen LogP contribution is 2.27. The van der Waals surface area contributed by atoms with Gasteiger partial charge in [-0.15, -0.1) is 0 Å². The van der Waals surface area contributed by atoms with Gasteiger partial charge in [0.1, 0.15) is 29.5 Å². The summed E-state index contributed by atoms with van der Waals surface area (Å²) >= 11 is 3.17. The Bertz CT molecular complexity index is 958. The highest BCUT2D eigenvalue weighted by Gasteiger charge is 2.41. The fourth-order valence-corrected chi connectivity index (χ4v) is 3.22. The number of carbonyl (C=O) groups excluding carboxylic acids is 2. The maximum atomic E-state index is 13.9. The number of hydrogen-bond acceptors (Lipinski definition) is 4. The van der Waals surface area contributed by atoms with Crippen molar-refractivity contribution in [2.24, 2.45) is 4.99 Å². The van der Waals surface area contributed by atoms with Gasteiger partial charge in [0.05, 0.1) is 12.8 Å². The van der Waals surface area contributed by atoms with E-state index in [-0.39, 0.29) is 23.9 Å². The SMILES string of the molecule is COc1ccc(C2=NC(C)(C)N(CC(=O)Nc3ccc(Br)cc3F)C2=O)cc1. The first kappa shape index (κ1) is 20.0. The number of carbonyl (C=O) groups is 2. The lowest BCUT2D eigenvalue weighted by Gasteiger charge is -2.28. The number of halogens is 2. The number of benzene rings is 2. The molecule has 8 heteroatoms. The molecule has 146 valence electrons. The predicted octanol–water partition coefficient (Wildman–Crippen LogP) is 3.60. The largest absolute Gasteiger partial charge is 0.497 e. The van der Waals surface area contributed by atoms with Crippen LogP contribution in [-0.2, 0) is 9.59 Å². The van der Waals surface area contributed by atoms with E-state index in [0.29, 0.717) is 15.8 Å². The summed E-state index contributed by atoms with van der Waals surface area (Å²) in [6, 6.07) is 11.3. The third-order valence-corrected chi connectivity index (χ3v) is 4.86. The topological polar surface area (TPSA) is 71.0 Å². The fourth-order valence-electron chi connectivity index (χ4n) is 2.88. The van der Waals surface area contributed by atoms with Crippen LogP contribution >= 0.6 is 15.9 Å². The summed E-state index contributed by atoms with van der Waals surface area (Å²) in [6.45, 7) is 3.24. The zero-order valence-electron chi connectivity index (χ0n) is 15.6. The van der Waals surface area contributed by atoms with E-state index in [1.54, 1.807) is 51.3 Å². The summed E-state index contributed by atoms with van der Waals surface area (Å²) < 4.78 is 19.6. The Morgan fingerprint density at radius 3 is 2.54 bits per heavy atom. The molecule has 2 amide bonds. The maximum absolute atomic E-state index is 13.9. The van der Waals surface area contributed by atoms with E-state index in [0.717, 1.165) is 0 Å². The van der Waals surface area contributed by atoms with Gasteiger partial charge in [-0.1, -0.05) is 15.9 Å². The molecular weight excluding hydrogens is 429 g/mol. The van der Waals surface area contributed by atoms with Crippen molar-refractivity contribution in [2.45, 2.75) is 19.5 Å². The molecule has 0 atom stereocenters. The van der Waals surface area contributed by atoms with Gasteiger partial charge < -0.3 is 15.0 Å². The Hall–Kier alpha value is -2.74. The van der Waals surface area contributed by atoms with Crippen molar-refractivity contribution in [1.29, 1.82) is 0 Å². The summed E-state index contributed by atoms with van der Waals surface area (Å²) in [7, 11) is 1.56. The molecule has 1 aliphatic rings. The Balaban J connectivity index is 1.75. The molecule has 6 nitrogen and oxygen atoms in total. The van der Waals surface area contributed by atoms with Crippen LogP contribution in [0.15, 0.2) is 51.9 Å². The molecule has 1 heterocycles. The van der Waals surface area contributed by atoms with Crippen LogP contribution in [0.1, 0.15) is 19.4 Å². The average molecular weight is 448 g/mol. The summed E-state index contributed by atoms with van der Waals surface area (Å²) in [5.41, 5.74) is 0.0621. The number of hydrogen-bond donors (Lipinski definition) is 1. The van der Waals surface area contributed by atoms with Gasteiger partial charge in [-0.25, -0.2) is 4.39 Å². The number of rotatable bonds is 5. The molecule has 2 aromatic carbocycles. The van der Waals surface area contributed by atoms with Crippen molar-refractivity contribution in [3.05, 3.63) is 58.3 Å². The summed E-state index contributed by atoms with van der Waals surface area (Å²) in [6.07, 6.45) is 0. The number of nitrogens with one attached hydrogen (secondary N) is 1. The van der Waals surface area contributed by atoms with Crippen molar-refractivity contribution in [3.8, 4) is 5.75 Å². The fraction of sp³-hybridized carbons (Fsp3) is 0.250. The smallest absolute Gasteiger partial charge is 0.275 e. The zero-order valence-corrected chi connectivity index (χ0v) is 17.2. The molecule has 0 unspecified atom stereocenters. The Morgan fingerprint density at radius 2 is 1.93 bits per heavy atom.